The van der Waals surface area contributed by atoms with E-state index in [4.69, 9.17) is 5.11 Å². The molecule has 0 unspecified atom stereocenters. The van der Waals surface area contributed by atoms with Crippen molar-refractivity contribution in [3.8, 4) is 0 Å². The highest BCUT2D eigenvalue weighted by Gasteiger charge is 2.03. The van der Waals surface area contributed by atoms with Gasteiger partial charge in [0.15, 0.2) is 0 Å². The summed E-state index contributed by atoms with van der Waals surface area (Å²) >= 11 is 0. The number of carboxylic acids is 1. The van der Waals surface area contributed by atoms with Gasteiger partial charge in [0.25, 0.3) is 0 Å². The number of unbranched alkanes of at least 4 members (excludes halogenated alkanes) is 2. The van der Waals surface area contributed by atoms with Crippen molar-refractivity contribution in [1.29, 1.82) is 0 Å². The second-order valence-electron chi connectivity index (χ2n) is 3.48. The predicted octanol–water partition coefficient (Wildman–Crippen LogP) is 2.31. The van der Waals surface area contributed by atoms with E-state index in [1.807, 2.05) is 18.3 Å². The van der Waals surface area contributed by atoms with Gasteiger partial charge in [-0.05, 0) is 25.0 Å². The van der Waals surface area contributed by atoms with Gasteiger partial charge in [-0.1, -0.05) is 19.8 Å². The second kappa shape index (κ2) is 5.47. The highest BCUT2D eigenvalue weighted by atomic mass is 16.4. The molecule has 0 saturated heterocycles. The quantitative estimate of drug-likeness (QED) is 0.708. The van der Waals surface area contributed by atoms with Gasteiger partial charge < -0.3 is 9.67 Å². The smallest absolute Gasteiger partial charge is 0.323 e. The summed E-state index contributed by atoms with van der Waals surface area (Å²) in [4.78, 5) is 10.5. The van der Waals surface area contributed by atoms with Crippen LogP contribution in [0.15, 0.2) is 18.3 Å². The Kier molecular flexibility index (Phi) is 4.23. The molecule has 3 heteroatoms. The average molecular weight is 195 g/mol. The van der Waals surface area contributed by atoms with E-state index in [9.17, 15) is 4.79 Å². The first-order valence-corrected chi connectivity index (χ1v) is 5.10. The molecule has 78 valence electrons. The molecule has 0 saturated carbocycles. The molecular formula is C11H17NO2. The van der Waals surface area contributed by atoms with Crippen molar-refractivity contribution in [2.45, 2.75) is 39.2 Å². The molecule has 0 aliphatic rings. The van der Waals surface area contributed by atoms with Crippen molar-refractivity contribution in [2.24, 2.45) is 0 Å². The van der Waals surface area contributed by atoms with Crippen molar-refractivity contribution in [2.75, 3.05) is 0 Å². The number of nitrogens with zero attached hydrogens (tertiary/aromatic N) is 1. The average Bonchev–Trinajstić information content (AvgIpc) is 2.52. The molecule has 3 nitrogen and oxygen atoms in total. The van der Waals surface area contributed by atoms with Gasteiger partial charge in [-0.3, -0.25) is 4.79 Å². The Balaban J connectivity index is 2.49. The Morgan fingerprint density at radius 3 is 2.93 bits per heavy atom. The second-order valence-corrected chi connectivity index (χ2v) is 3.48. The van der Waals surface area contributed by atoms with Gasteiger partial charge in [0, 0.05) is 11.9 Å². The van der Waals surface area contributed by atoms with Crippen LogP contribution in [-0.4, -0.2) is 15.6 Å². The van der Waals surface area contributed by atoms with Crippen molar-refractivity contribution in [1.82, 2.24) is 4.57 Å². The highest BCUT2D eigenvalue weighted by Crippen LogP contribution is 2.08. The van der Waals surface area contributed by atoms with Gasteiger partial charge in [0.1, 0.15) is 6.54 Å². The lowest BCUT2D eigenvalue weighted by molar-refractivity contribution is -0.137. The minimum Gasteiger partial charge on any atom is -0.480 e. The van der Waals surface area contributed by atoms with Crippen molar-refractivity contribution < 1.29 is 9.90 Å². The molecule has 0 aliphatic heterocycles. The summed E-state index contributed by atoms with van der Waals surface area (Å²) in [7, 11) is 0. The zero-order valence-electron chi connectivity index (χ0n) is 8.57. The van der Waals surface area contributed by atoms with E-state index < -0.39 is 5.97 Å². The number of aliphatic carboxylic acids is 1. The molecular weight excluding hydrogens is 178 g/mol. The van der Waals surface area contributed by atoms with Crippen molar-refractivity contribution in [3.63, 3.8) is 0 Å². The van der Waals surface area contributed by atoms with Crippen LogP contribution in [0.4, 0.5) is 0 Å². The zero-order chi connectivity index (χ0) is 10.4. The molecule has 0 spiro atoms. The molecule has 1 heterocycles. The lowest BCUT2D eigenvalue weighted by atomic mass is 10.1. The van der Waals surface area contributed by atoms with Crippen LogP contribution >= 0.6 is 0 Å². The summed E-state index contributed by atoms with van der Waals surface area (Å²) in [5, 5.41) is 8.66. The van der Waals surface area contributed by atoms with E-state index >= 15 is 0 Å². The number of aryl methyl sites for hydroxylation is 1. The van der Waals surface area contributed by atoms with Crippen LogP contribution in [0, 0.1) is 0 Å². The molecule has 14 heavy (non-hydrogen) atoms. The molecule has 1 rings (SSSR count). The molecule has 0 amide bonds. The molecule has 0 bridgehead atoms. The summed E-state index contributed by atoms with van der Waals surface area (Å²) in [5.74, 6) is -0.780. The van der Waals surface area contributed by atoms with Gasteiger partial charge in [-0.25, -0.2) is 0 Å². The summed E-state index contributed by atoms with van der Waals surface area (Å²) in [6.45, 7) is 2.24. The van der Waals surface area contributed by atoms with E-state index in [2.05, 4.69) is 6.92 Å². The van der Waals surface area contributed by atoms with Crippen LogP contribution in [0.5, 0.6) is 0 Å². The van der Waals surface area contributed by atoms with Gasteiger partial charge in [-0.15, -0.1) is 0 Å². The van der Waals surface area contributed by atoms with E-state index in [1.165, 1.54) is 12.8 Å². The standard InChI is InChI=1S/C11H17NO2/c1-2-3-4-6-10-7-5-8-12(10)9-11(13)14/h5,7-8H,2-4,6,9H2,1H3,(H,13,14). The number of hydrogen-bond donors (Lipinski definition) is 1. The summed E-state index contributed by atoms with van der Waals surface area (Å²) in [5.41, 5.74) is 1.13. The lowest BCUT2D eigenvalue weighted by Crippen LogP contribution is -2.10. The third-order valence-electron chi connectivity index (χ3n) is 2.27. The maximum absolute atomic E-state index is 10.5. The topological polar surface area (TPSA) is 42.2 Å². The normalized spacial score (nSPS) is 10.4. The minimum atomic E-state index is -0.780. The van der Waals surface area contributed by atoms with Crippen molar-refractivity contribution >= 4 is 5.97 Å². The molecule has 1 N–H and O–H groups in total. The molecule has 0 aromatic carbocycles. The Hall–Kier alpha value is -1.25. The van der Waals surface area contributed by atoms with E-state index in [1.54, 1.807) is 4.57 Å². The molecule has 0 fully saturated rings. The largest absolute Gasteiger partial charge is 0.480 e. The lowest BCUT2D eigenvalue weighted by Gasteiger charge is -2.05. The number of carbonyl (C=O) groups is 1. The van der Waals surface area contributed by atoms with Crippen LogP contribution in [0.2, 0.25) is 0 Å². The Bertz CT molecular complexity index is 291. The van der Waals surface area contributed by atoms with Crippen LogP contribution < -0.4 is 0 Å². The number of hydrogen-bond acceptors (Lipinski definition) is 1. The van der Waals surface area contributed by atoms with Crippen LogP contribution in [0.25, 0.3) is 0 Å². The van der Waals surface area contributed by atoms with Gasteiger partial charge >= 0.3 is 5.97 Å². The Morgan fingerprint density at radius 2 is 2.29 bits per heavy atom. The molecule has 1 aromatic rings. The van der Waals surface area contributed by atoms with Crippen LogP contribution in [0.1, 0.15) is 31.9 Å². The maximum Gasteiger partial charge on any atom is 0.323 e. The van der Waals surface area contributed by atoms with Crippen LogP contribution in [0.3, 0.4) is 0 Å². The highest BCUT2D eigenvalue weighted by molar-refractivity contribution is 5.66. The van der Waals surface area contributed by atoms with Crippen molar-refractivity contribution in [3.05, 3.63) is 24.0 Å². The van der Waals surface area contributed by atoms with Gasteiger partial charge in [0.2, 0.25) is 0 Å². The third-order valence-corrected chi connectivity index (χ3v) is 2.27. The predicted molar refractivity (Wildman–Crippen MR) is 55.3 cm³/mol. The van der Waals surface area contributed by atoms with E-state index in [0.717, 1.165) is 18.5 Å². The summed E-state index contributed by atoms with van der Waals surface area (Å²) < 4.78 is 1.80. The van der Waals surface area contributed by atoms with Crippen LogP contribution in [-0.2, 0) is 17.8 Å². The minimum absolute atomic E-state index is 0.0778. The number of carboxylic acid groups (broad SMARTS) is 1. The van der Waals surface area contributed by atoms with E-state index in [0.29, 0.717) is 0 Å². The molecule has 0 aliphatic carbocycles. The first-order valence-electron chi connectivity index (χ1n) is 5.10. The number of aromatic nitrogens is 1. The molecule has 0 radical (unpaired) electrons. The Morgan fingerprint density at radius 1 is 1.50 bits per heavy atom. The number of rotatable bonds is 6. The fourth-order valence-electron chi connectivity index (χ4n) is 1.53. The van der Waals surface area contributed by atoms with E-state index in [-0.39, 0.29) is 6.54 Å². The fourth-order valence-corrected chi connectivity index (χ4v) is 1.53. The van der Waals surface area contributed by atoms with Gasteiger partial charge in [-0.2, -0.15) is 0 Å². The first kappa shape index (κ1) is 10.8. The summed E-state index contributed by atoms with van der Waals surface area (Å²) in [6, 6.07) is 3.91. The molecule has 1 aromatic heterocycles. The SMILES string of the molecule is CCCCCc1cccn1CC(=O)O. The molecule has 0 atom stereocenters. The first-order chi connectivity index (χ1) is 6.74. The third kappa shape index (κ3) is 3.24. The zero-order valence-corrected chi connectivity index (χ0v) is 8.57. The monoisotopic (exact) mass is 195 g/mol. The fraction of sp³-hybridized carbons (Fsp3) is 0.545. The summed E-state index contributed by atoms with van der Waals surface area (Å²) in [6.07, 6.45) is 6.35. The maximum atomic E-state index is 10.5. The van der Waals surface area contributed by atoms with Gasteiger partial charge in [0.05, 0.1) is 0 Å². The Labute approximate surface area is 84.4 Å².